The zero-order valence-corrected chi connectivity index (χ0v) is 12.3. The zero-order valence-electron chi connectivity index (χ0n) is 12.3. The van der Waals surface area contributed by atoms with E-state index in [9.17, 15) is 4.79 Å². The second-order valence-corrected chi connectivity index (χ2v) is 5.11. The van der Waals surface area contributed by atoms with Crippen LogP contribution >= 0.6 is 0 Å². The first-order valence-electron chi connectivity index (χ1n) is 7.06. The van der Waals surface area contributed by atoms with Crippen molar-refractivity contribution in [3.05, 3.63) is 23.9 Å². The van der Waals surface area contributed by atoms with Crippen molar-refractivity contribution in [2.24, 2.45) is 5.92 Å². The summed E-state index contributed by atoms with van der Waals surface area (Å²) in [6.45, 7) is 6.18. The van der Waals surface area contributed by atoms with E-state index in [0.29, 0.717) is 18.1 Å². The number of pyridine rings is 1. The molecule has 1 fully saturated rings. The minimum Gasteiger partial charge on any atom is -0.462 e. The molecule has 5 heteroatoms. The van der Waals surface area contributed by atoms with Crippen LogP contribution in [0.15, 0.2) is 18.3 Å². The summed E-state index contributed by atoms with van der Waals surface area (Å²) in [5.41, 5.74) is 0.490. The maximum absolute atomic E-state index is 11.6. The van der Waals surface area contributed by atoms with Gasteiger partial charge >= 0.3 is 5.97 Å². The van der Waals surface area contributed by atoms with Crippen molar-refractivity contribution in [1.82, 2.24) is 4.98 Å². The van der Waals surface area contributed by atoms with Gasteiger partial charge in [-0.1, -0.05) is 6.92 Å². The summed E-state index contributed by atoms with van der Waals surface area (Å²) in [5.74, 6) is 1.12. The first-order valence-corrected chi connectivity index (χ1v) is 7.06. The number of carbonyl (C=O) groups excluding carboxylic acids is 1. The van der Waals surface area contributed by atoms with Crippen molar-refractivity contribution in [3.8, 4) is 0 Å². The standard InChI is InChI=1S/C15H22N2O3/c1-4-20-15(18)12-5-6-14(16-9-12)17-8-7-11(2)13(10-17)19-3/h5-6,9,11,13H,4,7-8,10H2,1-3H3. The minimum atomic E-state index is -0.325. The number of hydrogen-bond acceptors (Lipinski definition) is 5. The molecule has 1 aliphatic heterocycles. The van der Waals surface area contributed by atoms with Gasteiger partial charge in [0, 0.05) is 26.4 Å². The van der Waals surface area contributed by atoms with Crippen LogP contribution in [0.5, 0.6) is 0 Å². The maximum atomic E-state index is 11.6. The fourth-order valence-electron chi connectivity index (χ4n) is 2.46. The van der Waals surface area contributed by atoms with Gasteiger partial charge in [0.05, 0.1) is 18.3 Å². The van der Waals surface area contributed by atoms with Gasteiger partial charge in [0.1, 0.15) is 5.82 Å². The van der Waals surface area contributed by atoms with Crippen molar-refractivity contribution in [1.29, 1.82) is 0 Å². The third-order valence-electron chi connectivity index (χ3n) is 3.78. The Hall–Kier alpha value is -1.62. The normalized spacial score (nSPS) is 22.6. The predicted molar refractivity (Wildman–Crippen MR) is 77.0 cm³/mol. The van der Waals surface area contributed by atoms with E-state index in [1.807, 2.05) is 6.07 Å². The Bertz CT molecular complexity index is 447. The van der Waals surface area contributed by atoms with Crippen LogP contribution in [-0.4, -0.2) is 43.9 Å². The highest BCUT2D eigenvalue weighted by molar-refractivity contribution is 5.89. The number of carbonyl (C=O) groups is 1. The summed E-state index contributed by atoms with van der Waals surface area (Å²) < 4.78 is 10.5. The van der Waals surface area contributed by atoms with E-state index < -0.39 is 0 Å². The molecule has 2 atom stereocenters. The number of nitrogens with zero attached hydrogens (tertiary/aromatic N) is 2. The van der Waals surface area contributed by atoms with Gasteiger partial charge in [-0.05, 0) is 31.4 Å². The third kappa shape index (κ3) is 3.28. The van der Waals surface area contributed by atoms with E-state index in [-0.39, 0.29) is 12.1 Å². The smallest absolute Gasteiger partial charge is 0.339 e. The Balaban J connectivity index is 2.04. The monoisotopic (exact) mass is 278 g/mol. The Kier molecular flexibility index (Phi) is 4.95. The number of methoxy groups -OCH3 is 1. The summed E-state index contributed by atoms with van der Waals surface area (Å²) in [5, 5.41) is 0. The lowest BCUT2D eigenvalue weighted by Crippen LogP contribution is -2.44. The van der Waals surface area contributed by atoms with Crippen LogP contribution in [0.4, 0.5) is 5.82 Å². The number of piperidine rings is 1. The summed E-state index contributed by atoms with van der Waals surface area (Å²) in [6.07, 6.45) is 2.89. The molecule has 0 saturated carbocycles. The SMILES string of the molecule is CCOC(=O)c1ccc(N2CCC(C)C(OC)C2)nc1. The van der Waals surface area contributed by atoms with E-state index in [4.69, 9.17) is 9.47 Å². The number of hydrogen-bond donors (Lipinski definition) is 0. The van der Waals surface area contributed by atoms with E-state index >= 15 is 0 Å². The van der Waals surface area contributed by atoms with Crippen molar-refractivity contribution in [2.45, 2.75) is 26.4 Å². The lowest BCUT2D eigenvalue weighted by Gasteiger charge is -2.36. The second kappa shape index (κ2) is 6.70. The van der Waals surface area contributed by atoms with Crippen LogP contribution in [0.1, 0.15) is 30.6 Å². The van der Waals surface area contributed by atoms with Crippen molar-refractivity contribution in [3.63, 3.8) is 0 Å². The summed E-state index contributed by atoms with van der Waals surface area (Å²) >= 11 is 0. The molecule has 1 aliphatic rings. The Labute approximate surface area is 119 Å². The van der Waals surface area contributed by atoms with E-state index in [0.717, 1.165) is 25.3 Å². The highest BCUT2D eigenvalue weighted by Crippen LogP contribution is 2.23. The molecule has 0 bridgehead atoms. The van der Waals surface area contributed by atoms with E-state index in [1.165, 1.54) is 0 Å². The van der Waals surface area contributed by atoms with Crippen LogP contribution in [-0.2, 0) is 9.47 Å². The summed E-state index contributed by atoms with van der Waals surface area (Å²) in [4.78, 5) is 18.1. The van der Waals surface area contributed by atoms with Crippen molar-refractivity contribution < 1.29 is 14.3 Å². The van der Waals surface area contributed by atoms with Gasteiger partial charge in [0.25, 0.3) is 0 Å². The number of aromatic nitrogens is 1. The molecule has 2 unspecified atom stereocenters. The largest absolute Gasteiger partial charge is 0.462 e. The Morgan fingerprint density at radius 1 is 1.50 bits per heavy atom. The maximum Gasteiger partial charge on any atom is 0.339 e. The van der Waals surface area contributed by atoms with Gasteiger partial charge < -0.3 is 14.4 Å². The lowest BCUT2D eigenvalue weighted by molar-refractivity contribution is 0.0495. The average molecular weight is 278 g/mol. The van der Waals surface area contributed by atoms with Crippen molar-refractivity contribution in [2.75, 3.05) is 31.7 Å². The Morgan fingerprint density at radius 2 is 2.30 bits per heavy atom. The molecular weight excluding hydrogens is 256 g/mol. The zero-order chi connectivity index (χ0) is 14.5. The molecule has 1 saturated heterocycles. The second-order valence-electron chi connectivity index (χ2n) is 5.11. The molecular formula is C15H22N2O3. The molecule has 2 rings (SSSR count). The van der Waals surface area contributed by atoms with Crippen molar-refractivity contribution >= 4 is 11.8 Å². The van der Waals surface area contributed by atoms with E-state index in [2.05, 4.69) is 16.8 Å². The molecule has 0 amide bonds. The first-order chi connectivity index (χ1) is 9.65. The third-order valence-corrected chi connectivity index (χ3v) is 3.78. The van der Waals surface area contributed by atoms with Crippen LogP contribution in [0.25, 0.3) is 0 Å². The molecule has 20 heavy (non-hydrogen) atoms. The first kappa shape index (κ1) is 14.8. The van der Waals surface area contributed by atoms with Crippen LogP contribution in [0, 0.1) is 5.92 Å². The molecule has 110 valence electrons. The van der Waals surface area contributed by atoms with Crippen LogP contribution in [0.2, 0.25) is 0 Å². The molecule has 1 aromatic heterocycles. The molecule has 0 aliphatic carbocycles. The molecule has 5 nitrogen and oxygen atoms in total. The molecule has 1 aromatic rings. The predicted octanol–water partition coefficient (Wildman–Crippen LogP) is 2.12. The quantitative estimate of drug-likeness (QED) is 0.790. The van der Waals surface area contributed by atoms with Gasteiger partial charge in [-0.2, -0.15) is 0 Å². The van der Waals surface area contributed by atoms with Crippen LogP contribution < -0.4 is 4.90 Å². The number of anilines is 1. The van der Waals surface area contributed by atoms with Gasteiger partial charge in [0.2, 0.25) is 0 Å². The summed E-state index contributed by atoms with van der Waals surface area (Å²) in [6, 6.07) is 3.63. The minimum absolute atomic E-state index is 0.232. The van der Waals surface area contributed by atoms with Gasteiger partial charge in [-0.15, -0.1) is 0 Å². The average Bonchev–Trinajstić information content (AvgIpc) is 2.48. The molecule has 0 aromatic carbocycles. The lowest BCUT2D eigenvalue weighted by atomic mass is 9.96. The molecule has 0 radical (unpaired) electrons. The fraction of sp³-hybridized carbons (Fsp3) is 0.600. The Morgan fingerprint density at radius 3 is 2.90 bits per heavy atom. The molecule has 2 heterocycles. The highest BCUT2D eigenvalue weighted by Gasteiger charge is 2.26. The van der Waals surface area contributed by atoms with Gasteiger partial charge in [-0.25, -0.2) is 9.78 Å². The van der Waals surface area contributed by atoms with Gasteiger partial charge in [0.15, 0.2) is 0 Å². The number of esters is 1. The number of ether oxygens (including phenoxy) is 2. The fourth-order valence-corrected chi connectivity index (χ4v) is 2.46. The topological polar surface area (TPSA) is 51.7 Å². The molecule has 0 spiro atoms. The number of rotatable bonds is 4. The summed E-state index contributed by atoms with van der Waals surface area (Å²) in [7, 11) is 1.75. The van der Waals surface area contributed by atoms with Crippen LogP contribution in [0.3, 0.4) is 0 Å². The van der Waals surface area contributed by atoms with E-state index in [1.54, 1.807) is 26.3 Å². The highest BCUT2D eigenvalue weighted by atomic mass is 16.5. The van der Waals surface area contributed by atoms with Gasteiger partial charge in [-0.3, -0.25) is 0 Å². The molecule has 0 N–H and O–H groups in total.